The number of rotatable bonds is 6. The quantitative estimate of drug-likeness (QED) is 0.200. The van der Waals surface area contributed by atoms with E-state index in [0.29, 0.717) is 5.57 Å². The van der Waals surface area contributed by atoms with Gasteiger partial charge in [0, 0.05) is 38.5 Å². The number of carbonyl (C=O) groups excluding carboxylic acids is 2. The molecule has 1 N–H and O–H groups in total. The van der Waals surface area contributed by atoms with Gasteiger partial charge in [-0.2, -0.15) is 0 Å². The van der Waals surface area contributed by atoms with E-state index >= 15 is 0 Å². The number of nitrogens with zero attached hydrogens (tertiary/aromatic N) is 3. The van der Waals surface area contributed by atoms with Crippen molar-refractivity contribution in [1.29, 1.82) is 0 Å². The maximum atomic E-state index is 12.7. The lowest BCUT2D eigenvalue weighted by Gasteiger charge is -2.28. The number of allylic oxidation sites excluding steroid dienone is 2. The number of para-hydroxylation sites is 1. The molecule has 0 aromatic heterocycles. The summed E-state index contributed by atoms with van der Waals surface area (Å²) in [7, 11) is 3.46. The molecule has 0 spiro atoms. The van der Waals surface area contributed by atoms with E-state index in [2.05, 4.69) is 11.9 Å². The van der Waals surface area contributed by atoms with E-state index in [0.717, 1.165) is 0 Å². The van der Waals surface area contributed by atoms with E-state index in [1.54, 1.807) is 43.4 Å². The SMILES string of the molecule is C=CCN1C(=O)C(=CC(=CN(C)C)c2ccccc2[N+](=O)[O-])C(=O)NC1=S. The molecule has 27 heavy (non-hydrogen) atoms. The molecule has 1 fully saturated rings. The van der Waals surface area contributed by atoms with Gasteiger partial charge in [0.25, 0.3) is 17.5 Å². The highest BCUT2D eigenvalue weighted by Gasteiger charge is 2.33. The average molecular weight is 386 g/mol. The van der Waals surface area contributed by atoms with Crippen molar-refractivity contribution in [2.24, 2.45) is 0 Å². The molecule has 1 aromatic rings. The molecule has 0 aliphatic carbocycles. The van der Waals surface area contributed by atoms with Crippen LogP contribution in [-0.2, 0) is 9.59 Å². The molecule has 1 heterocycles. The zero-order valence-electron chi connectivity index (χ0n) is 14.8. The van der Waals surface area contributed by atoms with Crippen LogP contribution in [0.4, 0.5) is 5.69 Å². The molecule has 1 aromatic carbocycles. The zero-order chi connectivity index (χ0) is 20.1. The molecule has 2 amide bonds. The summed E-state index contributed by atoms with van der Waals surface area (Å²) < 4.78 is 0. The monoisotopic (exact) mass is 386 g/mol. The van der Waals surface area contributed by atoms with Crippen LogP contribution >= 0.6 is 12.2 Å². The van der Waals surface area contributed by atoms with Gasteiger partial charge in [-0.1, -0.05) is 18.2 Å². The molecule has 0 bridgehead atoms. The molecular formula is C18H18N4O4S. The van der Waals surface area contributed by atoms with Crippen molar-refractivity contribution in [3.05, 3.63) is 70.4 Å². The van der Waals surface area contributed by atoms with Crippen LogP contribution in [0, 0.1) is 10.1 Å². The third kappa shape index (κ3) is 4.45. The predicted molar refractivity (Wildman–Crippen MR) is 105 cm³/mol. The summed E-state index contributed by atoms with van der Waals surface area (Å²) in [6.07, 6.45) is 4.41. The maximum Gasteiger partial charge on any atom is 0.277 e. The predicted octanol–water partition coefficient (Wildman–Crippen LogP) is 1.85. The van der Waals surface area contributed by atoms with E-state index in [1.807, 2.05) is 0 Å². The third-order valence-corrected chi connectivity index (χ3v) is 3.93. The number of benzene rings is 1. The Bertz CT molecular complexity index is 889. The van der Waals surface area contributed by atoms with Gasteiger partial charge in [-0.05, 0) is 24.4 Å². The highest BCUT2D eigenvalue weighted by atomic mass is 32.1. The highest BCUT2D eigenvalue weighted by Crippen LogP contribution is 2.28. The van der Waals surface area contributed by atoms with E-state index in [4.69, 9.17) is 12.2 Å². The summed E-state index contributed by atoms with van der Waals surface area (Å²) in [5.41, 5.74) is 0.325. The first kappa shape index (κ1) is 20.0. The summed E-state index contributed by atoms with van der Waals surface area (Å²) in [5.74, 6) is -1.25. The second-order valence-electron chi connectivity index (χ2n) is 5.84. The summed E-state index contributed by atoms with van der Waals surface area (Å²) in [6, 6.07) is 6.11. The molecule has 8 nitrogen and oxygen atoms in total. The molecule has 1 saturated heterocycles. The lowest BCUT2D eigenvalue weighted by atomic mass is 10.00. The Morgan fingerprint density at radius 3 is 2.63 bits per heavy atom. The summed E-state index contributed by atoms with van der Waals surface area (Å²) in [4.78, 5) is 38.7. The number of amides is 2. The minimum absolute atomic E-state index is 0.00844. The van der Waals surface area contributed by atoms with Gasteiger partial charge in [0.1, 0.15) is 5.57 Å². The molecule has 1 aliphatic rings. The Labute approximate surface area is 161 Å². The maximum absolute atomic E-state index is 12.7. The van der Waals surface area contributed by atoms with Crippen LogP contribution in [0.25, 0.3) is 5.57 Å². The molecule has 140 valence electrons. The van der Waals surface area contributed by atoms with Gasteiger partial charge in [0.05, 0.1) is 10.5 Å². The summed E-state index contributed by atoms with van der Waals surface area (Å²) in [5, 5.41) is 13.8. The fourth-order valence-corrected chi connectivity index (χ4v) is 2.73. The van der Waals surface area contributed by atoms with Crippen LogP contribution in [0.3, 0.4) is 0 Å². The van der Waals surface area contributed by atoms with Crippen molar-refractivity contribution in [2.75, 3.05) is 20.6 Å². The van der Waals surface area contributed by atoms with E-state index in [9.17, 15) is 19.7 Å². The van der Waals surface area contributed by atoms with Crippen molar-refractivity contribution in [2.45, 2.75) is 0 Å². The zero-order valence-corrected chi connectivity index (χ0v) is 15.7. The summed E-state index contributed by atoms with van der Waals surface area (Å²) in [6.45, 7) is 3.70. The second-order valence-corrected chi connectivity index (χ2v) is 6.23. The minimum atomic E-state index is -0.659. The Morgan fingerprint density at radius 2 is 2.04 bits per heavy atom. The molecule has 9 heteroatoms. The lowest BCUT2D eigenvalue weighted by Crippen LogP contribution is -2.53. The number of carbonyl (C=O) groups is 2. The van der Waals surface area contributed by atoms with Crippen molar-refractivity contribution < 1.29 is 14.5 Å². The van der Waals surface area contributed by atoms with E-state index in [1.165, 1.54) is 23.1 Å². The third-order valence-electron chi connectivity index (χ3n) is 3.61. The fourth-order valence-electron chi connectivity index (χ4n) is 2.48. The van der Waals surface area contributed by atoms with Crippen molar-refractivity contribution in [3.8, 4) is 0 Å². The van der Waals surface area contributed by atoms with Crippen LogP contribution in [0.2, 0.25) is 0 Å². The average Bonchev–Trinajstić information content (AvgIpc) is 2.60. The first-order chi connectivity index (χ1) is 12.8. The number of hydrogen-bond acceptors (Lipinski definition) is 6. The number of nitrogens with one attached hydrogen (secondary N) is 1. The van der Waals surface area contributed by atoms with Crippen molar-refractivity contribution in [3.63, 3.8) is 0 Å². The van der Waals surface area contributed by atoms with Crippen LogP contribution < -0.4 is 5.32 Å². The number of hydrogen-bond donors (Lipinski definition) is 1. The lowest BCUT2D eigenvalue weighted by molar-refractivity contribution is -0.385. The number of thiocarbonyl (C=S) groups is 1. The van der Waals surface area contributed by atoms with Crippen molar-refractivity contribution >= 4 is 40.4 Å². The van der Waals surface area contributed by atoms with Gasteiger partial charge in [-0.15, -0.1) is 6.58 Å². The molecule has 0 radical (unpaired) electrons. The first-order valence-electron chi connectivity index (χ1n) is 7.88. The van der Waals surface area contributed by atoms with E-state index < -0.39 is 16.7 Å². The van der Waals surface area contributed by atoms with Crippen LogP contribution in [0.15, 0.2) is 54.8 Å². The molecule has 2 rings (SSSR count). The normalized spacial score (nSPS) is 16.4. The Kier molecular flexibility index (Phi) is 6.19. The van der Waals surface area contributed by atoms with E-state index in [-0.39, 0.29) is 28.5 Å². The Morgan fingerprint density at radius 1 is 1.37 bits per heavy atom. The molecule has 0 atom stereocenters. The Balaban J connectivity index is 2.60. The highest BCUT2D eigenvalue weighted by molar-refractivity contribution is 7.80. The number of nitro groups is 1. The molecule has 1 aliphatic heterocycles. The van der Waals surface area contributed by atoms with Gasteiger partial charge in [0.2, 0.25) is 0 Å². The van der Waals surface area contributed by atoms with Crippen molar-refractivity contribution in [1.82, 2.24) is 15.1 Å². The summed E-state index contributed by atoms with van der Waals surface area (Å²) >= 11 is 5.02. The second kappa shape index (κ2) is 8.37. The topological polar surface area (TPSA) is 95.8 Å². The minimum Gasteiger partial charge on any atom is -0.383 e. The molecular weight excluding hydrogens is 368 g/mol. The van der Waals surface area contributed by atoms with Gasteiger partial charge >= 0.3 is 0 Å². The Hall–Kier alpha value is -3.33. The smallest absolute Gasteiger partial charge is 0.277 e. The van der Waals surface area contributed by atoms with Crippen LogP contribution in [0.5, 0.6) is 0 Å². The van der Waals surface area contributed by atoms with Gasteiger partial charge in [0.15, 0.2) is 5.11 Å². The standard InChI is InChI=1S/C18H18N4O4S/c1-4-9-21-17(24)14(16(23)19-18(21)27)10-12(11-20(2)3)13-7-5-6-8-15(13)22(25)26/h4-8,10-11H,1,9H2,2-3H3,(H,19,23,27). The van der Waals surface area contributed by atoms with Gasteiger partial charge < -0.3 is 4.90 Å². The fraction of sp³-hybridized carbons (Fsp3) is 0.167. The largest absolute Gasteiger partial charge is 0.383 e. The van der Waals surface area contributed by atoms with Crippen LogP contribution in [0.1, 0.15) is 5.56 Å². The first-order valence-corrected chi connectivity index (χ1v) is 8.29. The van der Waals surface area contributed by atoms with Crippen LogP contribution in [-0.4, -0.2) is 52.3 Å². The molecule has 0 unspecified atom stereocenters. The van der Waals surface area contributed by atoms with Gasteiger partial charge in [-0.25, -0.2) is 0 Å². The number of nitro benzene ring substituents is 1. The molecule has 0 saturated carbocycles. The van der Waals surface area contributed by atoms with Gasteiger partial charge in [-0.3, -0.25) is 29.9 Å².